The predicted molar refractivity (Wildman–Crippen MR) is 73.6 cm³/mol. The van der Waals surface area contributed by atoms with Crippen LogP contribution in [-0.4, -0.2) is 26.3 Å². The van der Waals surface area contributed by atoms with Gasteiger partial charge < -0.3 is 19.9 Å². The fourth-order valence-electron chi connectivity index (χ4n) is 2.12. The Morgan fingerprint density at radius 1 is 1.37 bits per heavy atom. The van der Waals surface area contributed by atoms with E-state index in [0.29, 0.717) is 23.6 Å². The van der Waals surface area contributed by atoms with Gasteiger partial charge in [-0.3, -0.25) is 4.79 Å². The molecule has 0 fully saturated rings. The maximum Gasteiger partial charge on any atom is 0.302 e. The number of carbonyl (C=O) groups is 1. The normalized spacial score (nSPS) is 11.8. The SMILES string of the molecule is COc1cc(N)c(C[C@@H](C)OC(C)=O)c(C)c1OC. The van der Waals surface area contributed by atoms with Crippen molar-refractivity contribution in [2.24, 2.45) is 0 Å². The maximum atomic E-state index is 10.9. The maximum absolute atomic E-state index is 10.9. The second kappa shape index (κ2) is 6.31. The van der Waals surface area contributed by atoms with Gasteiger partial charge in [0.25, 0.3) is 0 Å². The molecule has 0 aliphatic carbocycles. The zero-order valence-electron chi connectivity index (χ0n) is 12.1. The lowest BCUT2D eigenvalue weighted by Gasteiger charge is -2.19. The van der Waals surface area contributed by atoms with Gasteiger partial charge in [-0.05, 0) is 19.4 Å². The largest absolute Gasteiger partial charge is 0.493 e. The number of methoxy groups -OCH3 is 2. The first kappa shape index (κ1) is 15.1. The molecule has 0 saturated heterocycles. The molecule has 1 atom stereocenters. The van der Waals surface area contributed by atoms with Gasteiger partial charge in [0.2, 0.25) is 0 Å². The van der Waals surface area contributed by atoms with Gasteiger partial charge in [0.15, 0.2) is 11.5 Å². The van der Waals surface area contributed by atoms with Gasteiger partial charge in [0.1, 0.15) is 6.10 Å². The van der Waals surface area contributed by atoms with Crippen LogP contribution in [0, 0.1) is 6.92 Å². The highest BCUT2D eigenvalue weighted by Gasteiger charge is 2.18. The summed E-state index contributed by atoms with van der Waals surface area (Å²) in [5, 5.41) is 0. The Hall–Kier alpha value is -1.91. The quantitative estimate of drug-likeness (QED) is 0.653. The highest BCUT2D eigenvalue weighted by atomic mass is 16.5. The van der Waals surface area contributed by atoms with Gasteiger partial charge in [-0.1, -0.05) is 0 Å². The third kappa shape index (κ3) is 3.53. The molecule has 0 amide bonds. The number of benzene rings is 1. The Kier molecular flexibility index (Phi) is 5.03. The van der Waals surface area contributed by atoms with Gasteiger partial charge in [0, 0.05) is 30.7 Å². The van der Waals surface area contributed by atoms with Gasteiger partial charge >= 0.3 is 5.97 Å². The summed E-state index contributed by atoms with van der Waals surface area (Å²) in [5.74, 6) is 0.951. The van der Waals surface area contributed by atoms with Crippen molar-refractivity contribution in [2.45, 2.75) is 33.3 Å². The fraction of sp³-hybridized carbons (Fsp3) is 0.500. The summed E-state index contributed by atoms with van der Waals surface area (Å²) in [4.78, 5) is 10.9. The fourth-order valence-corrected chi connectivity index (χ4v) is 2.12. The lowest BCUT2D eigenvalue weighted by molar-refractivity contribution is -0.145. The summed E-state index contributed by atoms with van der Waals surface area (Å²) >= 11 is 0. The van der Waals surface area contributed by atoms with Crippen LogP contribution in [0.2, 0.25) is 0 Å². The smallest absolute Gasteiger partial charge is 0.302 e. The average Bonchev–Trinajstić information content (AvgIpc) is 2.32. The van der Waals surface area contributed by atoms with Crippen molar-refractivity contribution in [1.29, 1.82) is 0 Å². The van der Waals surface area contributed by atoms with Crippen molar-refractivity contribution in [3.8, 4) is 11.5 Å². The number of rotatable bonds is 5. The van der Waals surface area contributed by atoms with Crippen molar-refractivity contribution in [2.75, 3.05) is 20.0 Å². The molecule has 0 spiro atoms. The second-order valence-corrected chi connectivity index (χ2v) is 4.43. The molecule has 106 valence electrons. The number of nitrogens with two attached hydrogens (primary N) is 1. The van der Waals surface area contributed by atoms with Gasteiger partial charge in [-0.25, -0.2) is 0 Å². The molecule has 0 radical (unpaired) electrons. The molecule has 0 bridgehead atoms. The molecule has 1 rings (SSSR count). The van der Waals surface area contributed by atoms with Crippen LogP contribution in [0.1, 0.15) is 25.0 Å². The van der Waals surface area contributed by atoms with Crippen LogP contribution in [-0.2, 0) is 16.0 Å². The van der Waals surface area contributed by atoms with E-state index in [4.69, 9.17) is 19.9 Å². The first-order valence-electron chi connectivity index (χ1n) is 6.07. The Bertz CT molecular complexity index is 471. The van der Waals surface area contributed by atoms with E-state index < -0.39 is 0 Å². The first-order valence-corrected chi connectivity index (χ1v) is 6.07. The molecule has 1 aromatic carbocycles. The van der Waals surface area contributed by atoms with Crippen LogP contribution >= 0.6 is 0 Å². The van der Waals surface area contributed by atoms with E-state index in [1.807, 2.05) is 13.8 Å². The van der Waals surface area contributed by atoms with Crippen molar-refractivity contribution in [3.63, 3.8) is 0 Å². The molecule has 0 heterocycles. The Balaban J connectivity index is 3.10. The highest BCUT2D eigenvalue weighted by molar-refractivity contribution is 5.66. The molecular weight excluding hydrogens is 246 g/mol. The van der Waals surface area contributed by atoms with Crippen LogP contribution < -0.4 is 15.2 Å². The molecule has 2 N–H and O–H groups in total. The summed E-state index contributed by atoms with van der Waals surface area (Å²) < 4.78 is 15.7. The lowest BCUT2D eigenvalue weighted by Crippen LogP contribution is -2.17. The molecule has 19 heavy (non-hydrogen) atoms. The Labute approximate surface area is 113 Å². The number of nitrogen functional groups attached to an aromatic ring is 1. The molecule has 0 saturated carbocycles. The average molecular weight is 267 g/mol. The predicted octanol–water partition coefficient (Wildman–Crippen LogP) is 2.09. The topological polar surface area (TPSA) is 70.8 Å². The number of carbonyl (C=O) groups excluding carboxylic acids is 1. The minimum Gasteiger partial charge on any atom is -0.493 e. The number of ether oxygens (including phenoxy) is 3. The summed E-state index contributed by atoms with van der Waals surface area (Å²) in [7, 11) is 3.15. The molecule has 0 aliphatic rings. The molecular formula is C14H21NO4. The standard InChI is InChI=1S/C14H21NO4/c1-8(19-10(3)16)6-11-9(2)14(18-5)13(17-4)7-12(11)15/h7-8H,6,15H2,1-5H3/t8-/m1/s1. The molecule has 5 heteroatoms. The molecule has 5 nitrogen and oxygen atoms in total. The van der Waals surface area contributed by atoms with Crippen LogP contribution in [0.4, 0.5) is 5.69 Å². The van der Waals surface area contributed by atoms with Crippen molar-refractivity contribution >= 4 is 11.7 Å². The lowest BCUT2D eigenvalue weighted by atomic mass is 9.99. The second-order valence-electron chi connectivity index (χ2n) is 4.43. The van der Waals surface area contributed by atoms with E-state index in [1.54, 1.807) is 20.3 Å². The minimum atomic E-state index is -0.302. The van der Waals surface area contributed by atoms with Gasteiger partial charge in [-0.2, -0.15) is 0 Å². The van der Waals surface area contributed by atoms with Gasteiger partial charge in [-0.15, -0.1) is 0 Å². The van der Waals surface area contributed by atoms with E-state index in [1.165, 1.54) is 6.92 Å². The van der Waals surface area contributed by atoms with Crippen molar-refractivity contribution < 1.29 is 19.0 Å². The number of hydrogen-bond donors (Lipinski definition) is 1. The van der Waals surface area contributed by atoms with E-state index >= 15 is 0 Å². The summed E-state index contributed by atoms with van der Waals surface area (Å²) in [6, 6.07) is 1.72. The highest BCUT2D eigenvalue weighted by Crippen LogP contribution is 2.37. The van der Waals surface area contributed by atoms with Crippen LogP contribution in [0.25, 0.3) is 0 Å². The zero-order chi connectivity index (χ0) is 14.6. The van der Waals surface area contributed by atoms with E-state index in [0.717, 1.165) is 11.1 Å². The van der Waals surface area contributed by atoms with E-state index in [9.17, 15) is 4.79 Å². The third-order valence-corrected chi connectivity index (χ3v) is 2.93. The Morgan fingerprint density at radius 2 is 2.00 bits per heavy atom. The van der Waals surface area contributed by atoms with E-state index in [2.05, 4.69) is 0 Å². The number of hydrogen-bond acceptors (Lipinski definition) is 5. The minimum absolute atomic E-state index is 0.239. The van der Waals surface area contributed by atoms with Crippen molar-refractivity contribution in [1.82, 2.24) is 0 Å². The van der Waals surface area contributed by atoms with Crippen LogP contribution in [0.5, 0.6) is 11.5 Å². The van der Waals surface area contributed by atoms with Gasteiger partial charge in [0.05, 0.1) is 14.2 Å². The summed E-state index contributed by atoms with van der Waals surface area (Å²) in [6.07, 6.45) is 0.300. The zero-order valence-corrected chi connectivity index (χ0v) is 12.1. The first-order chi connectivity index (χ1) is 8.90. The van der Waals surface area contributed by atoms with Crippen LogP contribution in [0.3, 0.4) is 0 Å². The van der Waals surface area contributed by atoms with Crippen LogP contribution in [0.15, 0.2) is 6.07 Å². The number of anilines is 1. The third-order valence-electron chi connectivity index (χ3n) is 2.93. The molecule has 1 aromatic rings. The summed E-state index contributed by atoms with van der Waals surface area (Å²) in [6.45, 7) is 5.13. The van der Waals surface area contributed by atoms with E-state index in [-0.39, 0.29) is 12.1 Å². The molecule has 0 aromatic heterocycles. The Morgan fingerprint density at radius 3 is 2.47 bits per heavy atom. The molecule has 0 unspecified atom stereocenters. The monoisotopic (exact) mass is 267 g/mol. The molecule has 0 aliphatic heterocycles. The van der Waals surface area contributed by atoms with Crippen molar-refractivity contribution in [3.05, 3.63) is 17.2 Å². The number of esters is 1. The summed E-state index contributed by atoms with van der Waals surface area (Å²) in [5.41, 5.74) is 8.44.